The summed E-state index contributed by atoms with van der Waals surface area (Å²) in [7, 11) is 1.31. The first-order valence-electron chi connectivity index (χ1n) is 4.86. The normalized spacial score (nSPS) is 9.94. The lowest BCUT2D eigenvalue weighted by molar-refractivity contribution is -0.142. The molecule has 2 aromatic rings. The fraction of sp³-hybridized carbons (Fsp3) is 0.182. The van der Waals surface area contributed by atoms with Crippen LogP contribution in [-0.2, 0) is 9.53 Å². The average molecular weight is 234 g/mol. The minimum absolute atomic E-state index is 0.115. The molecule has 0 spiro atoms. The third-order valence-electron chi connectivity index (χ3n) is 2.05. The zero-order valence-corrected chi connectivity index (χ0v) is 9.12. The average Bonchev–Trinajstić information content (AvgIpc) is 2.90. The van der Waals surface area contributed by atoms with Crippen molar-refractivity contribution in [3.05, 3.63) is 30.7 Å². The lowest BCUT2D eigenvalue weighted by Gasteiger charge is -2.04. The molecule has 2 rings (SSSR count). The number of esters is 1. The number of ether oxygens (including phenoxy) is 2. The number of benzene rings is 1. The maximum absolute atomic E-state index is 10.9. The monoisotopic (exact) mass is 234 g/mol. The Kier molecular flexibility index (Phi) is 3.34. The molecule has 0 aliphatic heterocycles. The van der Waals surface area contributed by atoms with Gasteiger partial charge in [0.2, 0.25) is 12.3 Å². The summed E-state index contributed by atoms with van der Waals surface area (Å²) in [5, 5.41) is 7.35. The highest BCUT2D eigenvalue weighted by atomic mass is 16.6. The van der Waals surface area contributed by atoms with E-state index in [0.717, 1.165) is 5.56 Å². The summed E-state index contributed by atoms with van der Waals surface area (Å²) >= 11 is 0. The van der Waals surface area contributed by atoms with Crippen molar-refractivity contribution in [3.63, 3.8) is 0 Å². The fourth-order valence-electron chi connectivity index (χ4n) is 1.19. The van der Waals surface area contributed by atoms with Crippen LogP contribution in [0.1, 0.15) is 0 Å². The van der Waals surface area contributed by atoms with Gasteiger partial charge >= 0.3 is 5.97 Å². The molecule has 0 unspecified atom stereocenters. The van der Waals surface area contributed by atoms with Crippen LogP contribution in [0.4, 0.5) is 0 Å². The molecule has 0 aliphatic carbocycles. The molecule has 0 aliphatic rings. The molecule has 1 heterocycles. The van der Waals surface area contributed by atoms with Gasteiger partial charge in [0.15, 0.2) is 6.61 Å². The Morgan fingerprint density at radius 1 is 1.35 bits per heavy atom. The maximum Gasteiger partial charge on any atom is 0.343 e. The molecule has 6 heteroatoms. The predicted octanol–water partition coefficient (Wildman–Crippen LogP) is 1.29. The summed E-state index contributed by atoms with van der Waals surface area (Å²) < 4.78 is 14.7. The molecule has 0 fully saturated rings. The summed E-state index contributed by atoms with van der Waals surface area (Å²) in [5.41, 5.74) is 0.785. The van der Waals surface area contributed by atoms with Gasteiger partial charge in [-0.25, -0.2) is 4.79 Å². The van der Waals surface area contributed by atoms with Crippen molar-refractivity contribution in [3.8, 4) is 17.2 Å². The summed E-state index contributed by atoms with van der Waals surface area (Å²) in [6, 6.07) is 6.95. The first-order valence-corrected chi connectivity index (χ1v) is 4.86. The van der Waals surface area contributed by atoms with Crippen molar-refractivity contribution in [1.82, 2.24) is 10.2 Å². The van der Waals surface area contributed by atoms with E-state index in [2.05, 4.69) is 14.9 Å². The van der Waals surface area contributed by atoms with Crippen molar-refractivity contribution in [2.24, 2.45) is 0 Å². The lowest BCUT2D eigenvalue weighted by Crippen LogP contribution is -2.12. The van der Waals surface area contributed by atoms with Crippen LogP contribution in [0.5, 0.6) is 5.75 Å². The van der Waals surface area contributed by atoms with E-state index in [0.29, 0.717) is 11.6 Å². The number of carbonyl (C=O) groups is 1. The van der Waals surface area contributed by atoms with Gasteiger partial charge in [-0.05, 0) is 24.3 Å². The molecule has 6 nitrogen and oxygen atoms in total. The summed E-state index contributed by atoms with van der Waals surface area (Å²) in [6.45, 7) is -0.115. The van der Waals surface area contributed by atoms with Crippen LogP contribution in [0.3, 0.4) is 0 Å². The molecule has 0 atom stereocenters. The van der Waals surface area contributed by atoms with E-state index in [-0.39, 0.29) is 6.61 Å². The van der Waals surface area contributed by atoms with Gasteiger partial charge < -0.3 is 13.9 Å². The second-order valence-corrected chi connectivity index (χ2v) is 3.13. The van der Waals surface area contributed by atoms with Crippen LogP contribution in [0.2, 0.25) is 0 Å². The lowest BCUT2D eigenvalue weighted by atomic mass is 10.2. The second kappa shape index (κ2) is 5.11. The third-order valence-corrected chi connectivity index (χ3v) is 2.05. The minimum atomic E-state index is -0.425. The molecular formula is C11H10N2O4. The SMILES string of the molecule is COC(=O)COc1ccc(-c2nnco2)cc1. The van der Waals surface area contributed by atoms with E-state index in [1.165, 1.54) is 13.5 Å². The van der Waals surface area contributed by atoms with Crippen molar-refractivity contribution in [1.29, 1.82) is 0 Å². The van der Waals surface area contributed by atoms with E-state index in [4.69, 9.17) is 9.15 Å². The van der Waals surface area contributed by atoms with Gasteiger partial charge in [-0.15, -0.1) is 10.2 Å². The van der Waals surface area contributed by atoms with Crippen LogP contribution in [0.15, 0.2) is 35.1 Å². The Morgan fingerprint density at radius 3 is 2.71 bits per heavy atom. The van der Waals surface area contributed by atoms with Gasteiger partial charge in [0.05, 0.1) is 7.11 Å². The van der Waals surface area contributed by atoms with Gasteiger partial charge in [0.1, 0.15) is 5.75 Å². The quantitative estimate of drug-likeness (QED) is 0.742. The van der Waals surface area contributed by atoms with E-state index in [1.54, 1.807) is 24.3 Å². The van der Waals surface area contributed by atoms with E-state index in [9.17, 15) is 4.79 Å². The van der Waals surface area contributed by atoms with Crippen molar-refractivity contribution >= 4 is 5.97 Å². The largest absolute Gasteiger partial charge is 0.482 e. The second-order valence-electron chi connectivity index (χ2n) is 3.13. The van der Waals surface area contributed by atoms with Crippen LogP contribution in [0, 0.1) is 0 Å². The Bertz CT molecular complexity index is 479. The number of aromatic nitrogens is 2. The number of hydrogen-bond donors (Lipinski definition) is 0. The Balaban J connectivity index is 2.01. The van der Waals surface area contributed by atoms with Crippen molar-refractivity contribution < 1.29 is 18.7 Å². The Labute approximate surface area is 97.2 Å². The predicted molar refractivity (Wildman–Crippen MR) is 57.2 cm³/mol. The van der Waals surface area contributed by atoms with Crippen LogP contribution in [-0.4, -0.2) is 29.9 Å². The fourth-order valence-corrected chi connectivity index (χ4v) is 1.19. The molecule has 0 amide bonds. The van der Waals surface area contributed by atoms with Gasteiger partial charge in [-0.2, -0.15) is 0 Å². The first-order chi connectivity index (χ1) is 8.29. The van der Waals surface area contributed by atoms with Gasteiger partial charge in [-0.1, -0.05) is 0 Å². The highest BCUT2D eigenvalue weighted by Crippen LogP contribution is 2.19. The van der Waals surface area contributed by atoms with Gasteiger partial charge in [0, 0.05) is 5.56 Å². The standard InChI is InChI=1S/C11H10N2O4/c1-15-10(14)6-16-9-4-2-8(3-5-9)11-13-12-7-17-11/h2-5,7H,6H2,1H3. The molecule has 1 aromatic heterocycles. The summed E-state index contributed by atoms with van der Waals surface area (Å²) in [6.07, 6.45) is 1.26. The highest BCUT2D eigenvalue weighted by Gasteiger charge is 2.05. The Hall–Kier alpha value is -2.37. The minimum Gasteiger partial charge on any atom is -0.482 e. The van der Waals surface area contributed by atoms with E-state index in [1.807, 2.05) is 0 Å². The van der Waals surface area contributed by atoms with Crippen molar-refractivity contribution in [2.45, 2.75) is 0 Å². The smallest absolute Gasteiger partial charge is 0.343 e. The molecule has 17 heavy (non-hydrogen) atoms. The van der Waals surface area contributed by atoms with Gasteiger partial charge in [0.25, 0.3) is 0 Å². The number of methoxy groups -OCH3 is 1. The molecule has 0 saturated carbocycles. The Morgan fingerprint density at radius 2 is 2.12 bits per heavy atom. The zero-order chi connectivity index (χ0) is 12.1. The van der Waals surface area contributed by atoms with E-state index < -0.39 is 5.97 Å². The van der Waals surface area contributed by atoms with Crippen LogP contribution >= 0.6 is 0 Å². The molecule has 0 saturated heterocycles. The first kappa shape index (κ1) is 11.1. The highest BCUT2D eigenvalue weighted by molar-refractivity contribution is 5.70. The van der Waals surface area contributed by atoms with Crippen LogP contribution < -0.4 is 4.74 Å². The molecule has 0 radical (unpaired) electrons. The number of rotatable bonds is 4. The van der Waals surface area contributed by atoms with E-state index >= 15 is 0 Å². The maximum atomic E-state index is 10.9. The number of carbonyl (C=O) groups excluding carboxylic acids is 1. The molecular weight excluding hydrogens is 224 g/mol. The van der Waals surface area contributed by atoms with Crippen molar-refractivity contribution in [2.75, 3.05) is 13.7 Å². The zero-order valence-electron chi connectivity index (χ0n) is 9.12. The molecule has 0 bridgehead atoms. The third kappa shape index (κ3) is 2.81. The molecule has 88 valence electrons. The summed E-state index contributed by atoms with van der Waals surface area (Å²) in [5.74, 6) is 0.578. The summed E-state index contributed by atoms with van der Waals surface area (Å²) in [4.78, 5) is 10.9. The van der Waals surface area contributed by atoms with Gasteiger partial charge in [-0.3, -0.25) is 0 Å². The van der Waals surface area contributed by atoms with Crippen LogP contribution in [0.25, 0.3) is 11.5 Å². The topological polar surface area (TPSA) is 74.5 Å². The molecule has 0 N–H and O–H groups in total. The number of nitrogens with zero attached hydrogens (tertiary/aromatic N) is 2. The molecule has 1 aromatic carbocycles. The number of hydrogen-bond acceptors (Lipinski definition) is 6.